The molecular formula is C69H130O6. The Kier molecular flexibility index (Phi) is 62.6. The van der Waals surface area contributed by atoms with E-state index in [0.717, 1.165) is 57.8 Å². The molecule has 442 valence electrons. The highest BCUT2D eigenvalue weighted by Crippen LogP contribution is 2.18. The molecule has 0 aliphatic rings. The molecule has 0 heterocycles. The maximum absolute atomic E-state index is 12.9. The van der Waals surface area contributed by atoms with Gasteiger partial charge in [0.2, 0.25) is 0 Å². The summed E-state index contributed by atoms with van der Waals surface area (Å²) in [5.74, 6) is -0.843. The van der Waals surface area contributed by atoms with Crippen molar-refractivity contribution in [3.05, 3.63) is 24.3 Å². The van der Waals surface area contributed by atoms with Gasteiger partial charge in [0.15, 0.2) is 6.10 Å². The minimum absolute atomic E-state index is 0.0672. The topological polar surface area (TPSA) is 78.9 Å². The molecule has 0 aliphatic carbocycles. The van der Waals surface area contributed by atoms with Gasteiger partial charge < -0.3 is 14.2 Å². The lowest BCUT2D eigenvalue weighted by atomic mass is 10.0. The van der Waals surface area contributed by atoms with Crippen molar-refractivity contribution in [2.45, 2.75) is 386 Å². The highest BCUT2D eigenvalue weighted by molar-refractivity contribution is 5.71. The number of rotatable bonds is 63. The first-order valence-corrected chi connectivity index (χ1v) is 33.8. The van der Waals surface area contributed by atoms with Crippen LogP contribution in [0.3, 0.4) is 0 Å². The Bertz CT molecular complexity index is 1210. The molecule has 0 aromatic heterocycles. The van der Waals surface area contributed by atoms with Gasteiger partial charge >= 0.3 is 17.9 Å². The van der Waals surface area contributed by atoms with Gasteiger partial charge in [-0.1, -0.05) is 315 Å². The molecule has 0 fully saturated rings. The molecule has 0 rings (SSSR count). The summed E-state index contributed by atoms with van der Waals surface area (Å²) < 4.78 is 17.0. The van der Waals surface area contributed by atoms with Gasteiger partial charge in [0.05, 0.1) is 0 Å². The molecule has 6 nitrogen and oxygen atoms in total. The Balaban J connectivity index is 4.28. The fraction of sp³-hybridized carbons (Fsp3) is 0.899. The normalized spacial score (nSPS) is 12.1. The van der Waals surface area contributed by atoms with Crippen LogP contribution >= 0.6 is 0 Å². The molecule has 0 amide bonds. The average Bonchev–Trinajstić information content (AvgIpc) is 3.41. The average molecular weight is 1060 g/mol. The number of hydrogen-bond acceptors (Lipinski definition) is 6. The molecule has 0 bridgehead atoms. The Morgan fingerprint density at radius 2 is 0.440 bits per heavy atom. The smallest absolute Gasteiger partial charge is 0.306 e. The van der Waals surface area contributed by atoms with Gasteiger partial charge in [-0.3, -0.25) is 14.4 Å². The molecule has 0 saturated heterocycles. The van der Waals surface area contributed by atoms with Crippen LogP contribution in [0, 0.1) is 0 Å². The number of esters is 3. The molecule has 0 N–H and O–H groups in total. The molecular weight excluding hydrogens is 925 g/mol. The molecule has 1 atom stereocenters. The number of unbranched alkanes of at least 4 members (excludes halogenated alkanes) is 48. The molecule has 0 aromatic carbocycles. The highest BCUT2D eigenvalue weighted by atomic mass is 16.6. The molecule has 0 radical (unpaired) electrons. The standard InChI is InChI=1S/C69H130O6/c1-4-7-10-13-16-19-22-25-28-30-32-34-36-38-41-44-47-50-53-56-59-62-68(71)74-65-66(64-73-67(70)61-58-55-52-49-46-43-40-27-24-21-18-15-12-9-6-3)75-69(72)63-60-57-54-51-48-45-42-39-37-35-33-31-29-26-23-20-17-14-11-8-5-2/h21,24,26,29,66H,4-20,22-23,25,27-28,30-65H2,1-3H3/b24-21-,29-26-/t66-/m1/s1. The Hall–Kier alpha value is -2.11. The molecule has 0 unspecified atom stereocenters. The zero-order valence-electron chi connectivity index (χ0n) is 50.8. The van der Waals surface area contributed by atoms with E-state index in [1.807, 2.05) is 0 Å². The van der Waals surface area contributed by atoms with Gasteiger partial charge in [0.25, 0.3) is 0 Å². The van der Waals surface area contributed by atoms with E-state index < -0.39 is 6.10 Å². The number of allylic oxidation sites excluding steroid dienone is 4. The van der Waals surface area contributed by atoms with E-state index >= 15 is 0 Å². The lowest BCUT2D eigenvalue weighted by Gasteiger charge is -2.18. The van der Waals surface area contributed by atoms with Crippen molar-refractivity contribution in [1.82, 2.24) is 0 Å². The Morgan fingerprint density at radius 1 is 0.253 bits per heavy atom. The fourth-order valence-corrected chi connectivity index (χ4v) is 10.3. The summed E-state index contributed by atoms with van der Waals surface area (Å²) in [6, 6.07) is 0. The van der Waals surface area contributed by atoms with Crippen molar-refractivity contribution in [1.29, 1.82) is 0 Å². The van der Waals surface area contributed by atoms with Gasteiger partial charge in [-0.2, -0.15) is 0 Å². The van der Waals surface area contributed by atoms with E-state index in [-0.39, 0.29) is 31.1 Å². The van der Waals surface area contributed by atoms with Crippen LogP contribution < -0.4 is 0 Å². The number of hydrogen-bond donors (Lipinski definition) is 0. The van der Waals surface area contributed by atoms with Crippen molar-refractivity contribution in [3.8, 4) is 0 Å². The van der Waals surface area contributed by atoms with Crippen molar-refractivity contribution in [2.75, 3.05) is 13.2 Å². The predicted octanol–water partition coefficient (Wildman–Crippen LogP) is 23.0. The SMILES string of the molecule is CCCCCC/C=C\CCCCCCCCCC(=O)OC[C@H](COC(=O)CCCCCCCCCCCCCCCCCCCCCCC)OC(=O)CCCCCCCCCCCCC/C=C\CCCCCCCC. The number of carbonyl (C=O) groups excluding carboxylic acids is 3. The first-order chi connectivity index (χ1) is 37.0. The second-order valence-electron chi connectivity index (χ2n) is 23.1. The van der Waals surface area contributed by atoms with Crippen molar-refractivity contribution in [3.63, 3.8) is 0 Å². The number of ether oxygens (including phenoxy) is 3. The van der Waals surface area contributed by atoms with Gasteiger partial charge in [0, 0.05) is 19.3 Å². The zero-order valence-corrected chi connectivity index (χ0v) is 50.8. The van der Waals surface area contributed by atoms with Crippen LogP contribution in [0.5, 0.6) is 0 Å². The van der Waals surface area contributed by atoms with E-state index in [0.29, 0.717) is 19.3 Å². The van der Waals surface area contributed by atoms with E-state index in [1.165, 1.54) is 283 Å². The second kappa shape index (κ2) is 64.4. The van der Waals surface area contributed by atoms with E-state index in [1.54, 1.807) is 0 Å². The third kappa shape index (κ3) is 62.6. The molecule has 0 aliphatic heterocycles. The third-order valence-corrected chi connectivity index (χ3v) is 15.4. The largest absolute Gasteiger partial charge is 0.462 e. The van der Waals surface area contributed by atoms with Crippen LogP contribution in [0.4, 0.5) is 0 Å². The summed E-state index contributed by atoms with van der Waals surface area (Å²) in [5.41, 5.74) is 0. The molecule has 6 heteroatoms. The molecule has 0 saturated carbocycles. The van der Waals surface area contributed by atoms with Gasteiger partial charge in [-0.15, -0.1) is 0 Å². The Morgan fingerprint density at radius 3 is 0.680 bits per heavy atom. The maximum Gasteiger partial charge on any atom is 0.306 e. The third-order valence-electron chi connectivity index (χ3n) is 15.4. The summed E-state index contributed by atoms with van der Waals surface area (Å²) in [7, 11) is 0. The van der Waals surface area contributed by atoms with Gasteiger partial charge in [-0.05, 0) is 70.6 Å². The van der Waals surface area contributed by atoms with E-state index in [2.05, 4.69) is 45.1 Å². The second-order valence-corrected chi connectivity index (χ2v) is 23.1. The minimum Gasteiger partial charge on any atom is -0.462 e. The Labute approximate surface area is 468 Å². The van der Waals surface area contributed by atoms with Crippen LogP contribution in [0.2, 0.25) is 0 Å². The highest BCUT2D eigenvalue weighted by Gasteiger charge is 2.19. The van der Waals surface area contributed by atoms with E-state index in [4.69, 9.17) is 14.2 Å². The first kappa shape index (κ1) is 72.9. The van der Waals surface area contributed by atoms with Crippen LogP contribution in [-0.2, 0) is 28.6 Å². The minimum atomic E-state index is -0.771. The zero-order chi connectivity index (χ0) is 54.3. The molecule has 75 heavy (non-hydrogen) atoms. The van der Waals surface area contributed by atoms with Gasteiger partial charge in [-0.25, -0.2) is 0 Å². The quantitative estimate of drug-likeness (QED) is 0.0261. The summed E-state index contributed by atoms with van der Waals surface area (Å²) >= 11 is 0. The van der Waals surface area contributed by atoms with E-state index in [9.17, 15) is 14.4 Å². The van der Waals surface area contributed by atoms with Gasteiger partial charge in [0.1, 0.15) is 13.2 Å². The van der Waals surface area contributed by atoms with Crippen molar-refractivity contribution in [2.24, 2.45) is 0 Å². The maximum atomic E-state index is 12.9. The fourth-order valence-electron chi connectivity index (χ4n) is 10.3. The predicted molar refractivity (Wildman–Crippen MR) is 326 cm³/mol. The summed E-state index contributed by atoms with van der Waals surface area (Å²) in [4.78, 5) is 38.4. The summed E-state index contributed by atoms with van der Waals surface area (Å²) in [6.45, 7) is 6.70. The lowest BCUT2D eigenvalue weighted by Crippen LogP contribution is -2.30. The van der Waals surface area contributed by atoms with Crippen LogP contribution in [0.25, 0.3) is 0 Å². The first-order valence-electron chi connectivity index (χ1n) is 33.8. The van der Waals surface area contributed by atoms with Crippen LogP contribution in [0.1, 0.15) is 380 Å². The van der Waals surface area contributed by atoms with Crippen molar-refractivity contribution < 1.29 is 28.6 Å². The summed E-state index contributed by atoms with van der Waals surface area (Å²) in [6.07, 6.45) is 77.6. The number of carbonyl (C=O) groups is 3. The molecule has 0 aromatic rings. The molecule has 0 spiro atoms. The summed E-state index contributed by atoms with van der Waals surface area (Å²) in [5, 5.41) is 0. The van der Waals surface area contributed by atoms with Crippen LogP contribution in [0.15, 0.2) is 24.3 Å². The van der Waals surface area contributed by atoms with Crippen LogP contribution in [-0.4, -0.2) is 37.2 Å². The van der Waals surface area contributed by atoms with Crippen molar-refractivity contribution >= 4 is 17.9 Å². The monoisotopic (exact) mass is 1050 g/mol. The lowest BCUT2D eigenvalue weighted by molar-refractivity contribution is -0.167.